The van der Waals surface area contributed by atoms with Crippen LogP contribution >= 0.6 is 35.0 Å². The topological polar surface area (TPSA) is 75.6 Å². The van der Waals surface area contributed by atoms with Crippen LogP contribution in [0.5, 0.6) is 5.75 Å². The van der Waals surface area contributed by atoms with E-state index in [1.165, 1.54) is 48.5 Å². The number of nitrogens with one attached hydrogen (secondary N) is 1. The van der Waals surface area contributed by atoms with E-state index in [2.05, 4.69) is 5.32 Å². The highest BCUT2D eigenvalue weighted by Gasteiger charge is 2.66. The summed E-state index contributed by atoms with van der Waals surface area (Å²) in [7, 11) is 0. The second kappa shape index (κ2) is 10.7. The molecular formula is C31H27Cl2F4NO4S. The molecule has 3 aromatic carbocycles. The largest absolute Gasteiger partial charge is 0.487 e. The highest BCUT2D eigenvalue weighted by molar-refractivity contribution is 8.00. The Kier molecular flexibility index (Phi) is 7.57. The first kappa shape index (κ1) is 30.3. The first-order chi connectivity index (χ1) is 20.1. The molecule has 2 unspecified atom stereocenters. The Morgan fingerprint density at radius 3 is 2.28 bits per heavy atom. The predicted octanol–water partition coefficient (Wildman–Crippen LogP) is 8.29. The molecule has 228 valence electrons. The fraction of sp³-hybridized carbons (Fsp3) is 0.419. The van der Waals surface area contributed by atoms with Gasteiger partial charge in [0.1, 0.15) is 24.2 Å². The SMILES string of the molecule is O=C(N[C@H](C(=O)O)C12CC3CC(Cl)(CC(Cl)(C3)C1)C2)c1ccc2cc(F)ccc2c1OCc1ccc(SC(F)(F)F)cc1. The zero-order valence-electron chi connectivity index (χ0n) is 22.6. The summed E-state index contributed by atoms with van der Waals surface area (Å²) in [5, 5.41) is 14.0. The lowest BCUT2D eigenvalue weighted by molar-refractivity contribution is -0.148. The van der Waals surface area contributed by atoms with Gasteiger partial charge in [-0.05, 0) is 104 Å². The van der Waals surface area contributed by atoms with E-state index in [1.807, 2.05) is 0 Å². The zero-order chi connectivity index (χ0) is 30.8. The minimum atomic E-state index is -4.42. The fourth-order valence-electron chi connectivity index (χ4n) is 7.83. The first-order valence-corrected chi connectivity index (χ1v) is 15.3. The lowest BCUT2D eigenvalue weighted by Crippen LogP contribution is -2.66. The average molecular weight is 657 g/mol. The number of ether oxygens (including phenoxy) is 1. The third-order valence-electron chi connectivity index (χ3n) is 8.83. The van der Waals surface area contributed by atoms with E-state index in [9.17, 15) is 32.3 Å². The average Bonchev–Trinajstić information content (AvgIpc) is 2.87. The van der Waals surface area contributed by atoms with E-state index < -0.39 is 44.4 Å². The number of carbonyl (C=O) groups excluding carboxylic acids is 1. The van der Waals surface area contributed by atoms with E-state index in [4.69, 9.17) is 27.9 Å². The Bertz CT molecular complexity index is 1580. The molecule has 3 atom stereocenters. The maximum absolute atomic E-state index is 14.0. The van der Waals surface area contributed by atoms with Crippen molar-refractivity contribution in [3.05, 3.63) is 71.5 Å². The molecule has 4 saturated carbocycles. The summed E-state index contributed by atoms with van der Waals surface area (Å²) in [5.41, 5.74) is -4.66. The van der Waals surface area contributed by atoms with Crippen molar-refractivity contribution in [2.24, 2.45) is 11.3 Å². The van der Waals surface area contributed by atoms with Crippen molar-refractivity contribution < 1.29 is 37.0 Å². The van der Waals surface area contributed by atoms with Crippen LogP contribution in [0.2, 0.25) is 0 Å². The maximum atomic E-state index is 14.0. The number of amides is 1. The quantitative estimate of drug-likeness (QED) is 0.145. The standard InChI is InChI=1S/C31H27Cl2F4NO4S/c32-29-11-18-10-28(14-29,15-30(33,12-18)16-29)25(27(40)41)38-26(39)23-7-3-19-9-20(34)4-8-22(19)24(23)42-13-17-1-5-21(6-2-17)43-31(35,36)37/h1-9,18,25H,10-16H2,(H,38,39)(H,40,41)/t18?,25-,28?,29?,30?/m1/s1. The van der Waals surface area contributed by atoms with E-state index in [0.29, 0.717) is 42.0 Å². The summed E-state index contributed by atoms with van der Waals surface area (Å²) in [6, 6.07) is 11.3. The number of aliphatic carboxylic acids is 1. The lowest BCUT2D eigenvalue weighted by Gasteiger charge is -2.64. The normalized spacial score (nSPS) is 28.6. The van der Waals surface area contributed by atoms with Gasteiger partial charge in [-0.15, -0.1) is 23.2 Å². The molecule has 0 spiro atoms. The predicted molar refractivity (Wildman–Crippen MR) is 156 cm³/mol. The van der Waals surface area contributed by atoms with Crippen LogP contribution < -0.4 is 10.1 Å². The number of hydrogen-bond acceptors (Lipinski definition) is 4. The molecule has 5 nitrogen and oxygen atoms in total. The molecule has 12 heteroatoms. The van der Waals surface area contributed by atoms with Crippen LogP contribution in [0.4, 0.5) is 17.6 Å². The summed E-state index contributed by atoms with van der Waals surface area (Å²) in [6.07, 6.45) is 3.56. The number of hydrogen-bond donors (Lipinski definition) is 2. The van der Waals surface area contributed by atoms with E-state index >= 15 is 0 Å². The van der Waals surface area contributed by atoms with Crippen LogP contribution in [0, 0.1) is 17.2 Å². The molecule has 4 bridgehead atoms. The third-order valence-corrected chi connectivity index (χ3v) is 10.4. The van der Waals surface area contributed by atoms with Gasteiger partial charge in [0.2, 0.25) is 0 Å². The zero-order valence-corrected chi connectivity index (χ0v) is 25.0. The highest BCUT2D eigenvalue weighted by Crippen LogP contribution is 2.68. The summed E-state index contributed by atoms with van der Waals surface area (Å²) in [5.74, 6) is -2.10. The van der Waals surface area contributed by atoms with Crippen molar-refractivity contribution in [1.29, 1.82) is 0 Å². The van der Waals surface area contributed by atoms with Gasteiger partial charge in [-0.25, -0.2) is 9.18 Å². The lowest BCUT2D eigenvalue weighted by atomic mass is 9.47. The number of carboxylic acid groups (broad SMARTS) is 1. The number of thioether (sulfide) groups is 1. The van der Waals surface area contributed by atoms with Crippen LogP contribution in [0.1, 0.15) is 54.4 Å². The van der Waals surface area contributed by atoms with Crippen LogP contribution in [-0.2, 0) is 11.4 Å². The van der Waals surface area contributed by atoms with Gasteiger partial charge < -0.3 is 15.2 Å². The molecule has 0 saturated heterocycles. The highest BCUT2D eigenvalue weighted by atomic mass is 35.5. The first-order valence-electron chi connectivity index (χ1n) is 13.8. The molecule has 0 aromatic heterocycles. The molecule has 2 N–H and O–H groups in total. The number of fused-ring (bicyclic) bond motifs is 1. The van der Waals surface area contributed by atoms with Crippen LogP contribution in [-0.4, -0.2) is 38.3 Å². The number of carbonyl (C=O) groups is 2. The Morgan fingerprint density at radius 2 is 1.67 bits per heavy atom. The van der Waals surface area contributed by atoms with Gasteiger partial charge in [0.15, 0.2) is 0 Å². The van der Waals surface area contributed by atoms with Gasteiger partial charge in [0.05, 0.1) is 5.56 Å². The molecule has 4 fully saturated rings. The van der Waals surface area contributed by atoms with Gasteiger partial charge in [-0.1, -0.05) is 18.2 Å². The minimum Gasteiger partial charge on any atom is -0.487 e. The van der Waals surface area contributed by atoms with Crippen LogP contribution in [0.3, 0.4) is 0 Å². The molecule has 0 aliphatic heterocycles. The van der Waals surface area contributed by atoms with Crippen molar-refractivity contribution in [3.63, 3.8) is 0 Å². The van der Waals surface area contributed by atoms with E-state index in [-0.39, 0.29) is 40.5 Å². The van der Waals surface area contributed by atoms with Crippen molar-refractivity contribution in [2.45, 2.75) is 71.3 Å². The third kappa shape index (κ3) is 6.15. The number of halogens is 6. The molecule has 0 heterocycles. The summed E-state index contributed by atoms with van der Waals surface area (Å²) in [6.45, 7) is -0.106. The molecule has 3 aromatic rings. The molecule has 4 aliphatic rings. The molecule has 4 aliphatic carbocycles. The summed E-state index contributed by atoms with van der Waals surface area (Å²) < 4.78 is 58.2. The van der Waals surface area contributed by atoms with Crippen molar-refractivity contribution in [3.8, 4) is 5.75 Å². The second-order valence-electron chi connectivity index (χ2n) is 12.2. The Balaban J connectivity index is 1.30. The van der Waals surface area contributed by atoms with Gasteiger partial charge in [0, 0.05) is 25.4 Å². The van der Waals surface area contributed by atoms with Gasteiger partial charge in [-0.3, -0.25) is 4.79 Å². The number of rotatable bonds is 8. The number of benzene rings is 3. The Labute approximate surface area is 259 Å². The fourth-order valence-corrected chi connectivity index (χ4v) is 9.92. The van der Waals surface area contributed by atoms with Crippen LogP contribution in [0.15, 0.2) is 59.5 Å². The van der Waals surface area contributed by atoms with Crippen molar-refractivity contribution in [2.75, 3.05) is 0 Å². The Hall–Kier alpha value is -2.69. The molecule has 43 heavy (non-hydrogen) atoms. The molecule has 1 amide bonds. The number of alkyl halides is 5. The van der Waals surface area contributed by atoms with Crippen molar-refractivity contribution >= 4 is 57.6 Å². The number of carboxylic acids is 1. The van der Waals surface area contributed by atoms with E-state index in [1.54, 1.807) is 6.07 Å². The van der Waals surface area contributed by atoms with Gasteiger partial charge in [0.25, 0.3) is 5.91 Å². The van der Waals surface area contributed by atoms with Crippen LogP contribution in [0.25, 0.3) is 10.8 Å². The smallest absolute Gasteiger partial charge is 0.446 e. The maximum Gasteiger partial charge on any atom is 0.446 e. The summed E-state index contributed by atoms with van der Waals surface area (Å²) in [4.78, 5) is 25.3. The van der Waals surface area contributed by atoms with E-state index in [0.717, 1.165) is 12.8 Å². The Morgan fingerprint density at radius 1 is 1.00 bits per heavy atom. The summed E-state index contributed by atoms with van der Waals surface area (Å²) >= 11 is 13.7. The van der Waals surface area contributed by atoms with Gasteiger partial charge in [-0.2, -0.15) is 13.2 Å². The monoisotopic (exact) mass is 655 g/mol. The second-order valence-corrected chi connectivity index (χ2v) is 14.9. The molecular weight excluding hydrogens is 629 g/mol. The molecule has 7 rings (SSSR count). The van der Waals surface area contributed by atoms with Gasteiger partial charge >= 0.3 is 11.5 Å². The minimum absolute atomic E-state index is 0.0128. The van der Waals surface area contributed by atoms with Crippen molar-refractivity contribution in [1.82, 2.24) is 5.32 Å². The molecule has 0 radical (unpaired) electrons.